The van der Waals surface area contributed by atoms with Crippen molar-refractivity contribution in [3.8, 4) is 0 Å². The molecule has 2 heterocycles. The average Bonchev–Trinajstić information content (AvgIpc) is 3.47. The van der Waals surface area contributed by atoms with Crippen LogP contribution < -0.4 is 10.6 Å². The number of likely N-dealkylation sites (tertiary alicyclic amines) is 2. The second-order valence-corrected chi connectivity index (χ2v) is 10.9. The number of benzene rings is 1. The van der Waals surface area contributed by atoms with Crippen LogP contribution in [0.5, 0.6) is 0 Å². The fourth-order valence-electron chi connectivity index (χ4n) is 5.82. The van der Waals surface area contributed by atoms with Crippen LogP contribution in [0, 0.1) is 5.92 Å². The number of amides is 3. The molecule has 0 unspecified atom stereocenters. The molecular formula is C30H46N4O4. The number of rotatable bonds is 14. The third-order valence-corrected chi connectivity index (χ3v) is 8.21. The highest BCUT2D eigenvalue weighted by atomic mass is 16.3. The number of unbranched alkanes of at least 4 members (excludes halogenated alkanes) is 1. The van der Waals surface area contributed by atoms with Gasteiger partial charge in [-0.2, -0.15) is 0 Å². The Morgan fingerprint density at radius 3 is 2.58 bits per heavy atom. The second-order valence-electron chi connectivity index (χ2n) is 10.9. The maximum absolute atomic E-state index is 13.6. The number of hydrogen-bond donors (Lipinski definition) is 3. The Kier molecular flexibility index (Phi) is 10.9. The normalized spacial score (nSPS) is 22.7. The Morgan fingerprint density at radius 1 is 1.16 bits per heavy atom. The summed E-state index contributed by atoms with van der Waals surface area (Å²) in [5, 5.41) is 17.1. The number of carbonyl (C=O) groups is 3. The molecule has 0 saturated carbocycles. The van der Waals surface area contributed by atoms with Crippen molar-refractivity contribution in [1.29, 1.82) is 0 Å². The van der Waals surface area contributed by atoms with Crippen molar-refractivity contribution in [3.05, 3.63) is 48.6 Å². The minimum absolute atomic E-state index is 0.0111. The molecule has 0 aromatic heterocycles. The van der Waals surface area contributed by atoms with Gasteiger partial charge in [-0.1, -0.05) is 56.7 Å². The van der Waals surface area contributed by atoms with E-state index in [1.165, 1.54) is 0 Å². The molecule has 210 valence electrons. The van der Waals surface area contributed by atoms with Gasteiger partial charge in [-0.25, -0.2) is 0 Å². The summed E-state index contributed by atoms with van der Waals surface area (Å²) < 4.78 is 0. The molecule has 1 spiro atoms. The van der Waals surface area contributed by atoms with E-state index in [0.717, 1.165) is 37.8 Å². The maximum atomic E-state index is 13.6. The Balaban J connectivity index is 1.68. The van der Waals surface area contributed by atoms with Gasteiger partial charge in [0.2, 0.25) is 17.7 Å². The van der Waals surface area contributed by atoms with E-state index in [2.05, 4.69) is 29.0 Å². The van der Waals surface area contributed by atoms with Gasteiger partial charge in [0, 0.05) is 25.6 Å². The minimum Gasteiger partial charge on any atom is -0.391 e. The highest BCUT2D eigenvalue weighted by Crippen LogP contribution is 2.39. The molecule has 0 aliphatic carbocycles. The van der Waals surface area contributed by atoms with Gasteiger partial charge in [-0.3, -0.25) is 19.3 Å². The molecule has 8 nitrogen and oxygen atoms in total. The Labute approximate surface area is 227 Å². The lowest BCUT2D eigenvalue weighted by Crippen LogP contribution is -2.56. The van der Waals surface area contributed by atoms with Crippen LogP contribution in [-0.4, -0.2) is 82.5 Å². The molecule has 2 aliphatic heterocycles. The van der Waals surface area contributed by atoms with Gasteiger partial charge < -0.3 is 20.6 Å². The first-order chi connectivity index (χ1) is 18.2. The average molecular weight is 527 g/mol. The Hall–Kier alpha value is -2.71. The van der Waals surface area contributed by atoms with Crippen molar-refractivity contribution in [3.63, 3.8) is 0 Å². The Bertz CT molecular complexity index is 955. The van der Waals surface area contributed by atoms with Crippen LogP contribution in [-0.2, 0) is 20.8 Å². The summed E-state index contributed by atoms with van der Waals surface area (Å²) in [6.45, 7) is 12.1. The van der Waals surface area contributed by atoms with Crippen LogP contribution >= 0.6 is 0 Å². The monoisotopic (exact) mass is 526 g/mol. The van der Waals surface area contributed by atoms with E-state index >= 15 is 0 Å². The number of nitrogens with zero attached hydrogens (tertiary/aromatic N) is 2. The van der Waals surface area contributed by atoms with Gasteiger partial charge in [-0.05, 0) is 57.6 Å². The van der Waals surface area contributed by atoms with Crippen molar-refractivity contribution in [1.82, 2.24) is 20.4 Å². The SMILES string of the molecule is C=CCN1CCC[C@]12CCN([C@@H](C)C(=O)N[C@H](Cc1ccccc1)[C@H](O)C[C@H](C)C(=O)NCCCC)C2=O. The van der Waals surface area contributed by atoms with E-state index in [9.17, 15) is 19.5 Å². The molecule has 3 amide bonds. The van der Waals surface area contributed by atoms with Gasteiger partial charge in [0.25, 0.3) is 0 Å². The van der Waals surface area contributed by atoms with Gasteiger partial charge in [0.1, 0.15) is 11.6 Å². The topological polar surface area (TPSA) is 102 Å². The fraction of sp³-hybridized carbons (Fsp3) is 0.633. The number of aliphatic hydroxyl groups is 1. The first kappa shape index (κ1) is 29.8. The van der Waals surface area contributed by atoms with Crippen molar-refractivity contribution in [2.45, 2.75) is 89.4 Å². The molecule has 2 fully saturated rings. The molecule has 3 N–H and O–H groups in total. The second kappa shape index (κ2) is 13.9. The third kappa shape index (κ3) is 7.03. The number of nitrogens with one attached hydrogen (secondary N) is 2. The van der Waals surface area contributed by atoms with Crippen LogP contribution in [0.15, 0.2) is 43.0 Å². The zero-order valence-electron chi connectivity index (χ0n) is 23.3. The summed E-state index contributed by atoms with van der Waals surface area (Å²) in [6, 6.07) is 8.43. The molecule has 0 bridgehead atoms. The summed E-state index contributed by atoms with van der Waals surface area (Å²) in [5.41, 5.74) is 0.443. The van der Waals surface area contributed by atoms with Crippen molar-refractivity contribution in [2.24, 2.45) is 5.92 Å². The van der Waals surface area contributed by atoms with E-state index in [-0.39, 0.29) is 24.1 Å². The largest absolute Gasteiger partial charge is 0.391 e. The summed E-state index contributed by atoms with van der Waals surface area (Å²) in [4.78, 5) is 43.4. The van der Waals surface area contributed by atoms with Gasteiger partial charge in [0.05, 0.1) is 12.1 Å². The molecular weight excluding hydrogens is 480 g/mol. The molecule has 1 aromatic rings. The molecule has 2 aliphatic rings. The maximum Gasteiger partial charge on any atom is 0.243 e. The van der Waals surface area contributed by atoms with E-state index in [1.807, 2.05) is 36.4 Å². The molecule has 3 rings (SSSR count). The zero-order chi connectivity index (χ0) is 27.7. The lowest BCUT2D eigenvalue weighted by Gasteiger charge is -2.34. The van der Waals surface area contributed by atoms with E-state index < -0.39 is 29.6 Å². The van der Waals surface area contributed by atoms with Gasteiger partial charge >= 0.3 is 0 Å². The summed E-state index contributed by atoms with van der Waals surface area (Å²) >= 11 is 0. The van der Waals surface area contributed by atoms with Crippen molar-refractivity contribution >= 4 is 17.7 Å². The quantitative estimate of drug-likeness (QED) is 0.256. The van der Waals surface area contributed by atoms with Crippen LogP contribution in [0.3, 0.4) is 0 Å². The first-order valence-electron chi connectivity index (χ1n) is 14.2. The van der Waals surface area contributed by atoms with Crippen molar-refractivity contribution < 1.29 is 19.5 Å². The minimum atomic E-state index is -0.920. The molecule has 1 aromatic carbocycles. The third-order valence-electron chi connectivity index (χ3n) is 8.21. The van der Waals surface area contributed by atoms with Crippen LogP contribution in [0.25, 0.3) is 0 Å². The highest BCUT2D eigenvalue weighted by Gasteiger charge is 2.54. The van der Waals surface area contributed by atoms with E-state index in [0.29, 0.717) is 32.5 Å². The van der Waals surface area contributed by atoms with Crippen LogP contribution in [0.4, 0.5) is 0 Å². The zero-order valence-corrected chi connectivity index (χ0v) is 23.3. The Morgan fingerprint density at radius 2 is 1.89 bits per heavy atom. The smallest absolute Gasteiger partial charge is 0.243 e. The highest BCUT2D eigenvalue weighted by molar-refractivity contribution is 5.94. The van der Waals surface area contributed by atoms with Gasteiger partial charge in [0.15, 0.2) is 0 Å². The lowest BCUT2D eigenvalue weighted by atomic mass is 9.93. The fourth-order valence-corrected chi connectivity index (χ4v) is 5.82. The predicted octanol–water partition coefficient (Wildman–Crippen LogP) is 2.66. The molecule has 0 radical (unpaired) electrons. The molecule has 2 saturated heterocycles. The lowest BCUT2D eigenvalue weighted by molar-refractivity contribution is -0.143. The molecule has 5 atom stereocenters. The molecule has 38 heavy (non-hydrogen) atoms. The van der Waals surface area contributed by atoms with Crippen LogP contribution in [0.2, 0.25) is 0 Å². The first-order valence-corrected chi connectivity index (χ1v) is 14.2. The van der Waals surface area contributed by atoms with Gasteiger partial charge in [-0.15, -0.1) is 6.58 Å². The predicted molar refractivity (Wildman–Crippen MR) is 149 cm³/mol. The number of aliphatic hydroxyl groups excluding tert-OH is 1. The summed E-state index contributed by atoms with van der Waals surface area (Å²) in [5.74, 6) is -0.766. The standard InChI is InChI=1S/C30H46N4O4/c1-5-7-16-31-27(36)22(3)20-26(35)25(21-24-12-9-8-10-13-24)32-28(37)23(4)34-19-15-30(29(34)38)14-11-18-33(30)17-6-2/h6,8-10,12-13,22-23,25-26,35H,2,5,7,11,14-21H2,1,3-4H3,(H,31,36)(H,32,37)/t22-,23-,25+,26+,30+/m0/s1. The van der Waals surface area contributed by atoms with Crippen LogP contribution in [0.1, 0.15) is 64.9 Å². The van der Waals surface area contributed by atoms with E-state index in [1.54, 1.807) is 18.7 Å². The molecule has 8 heteroatoms. The number of carbonyl (C=O) groups excluding carboxylic acids is 3. The number of hydrogen-bond acceptors (Lipinski definition) is 5. The summed E-state index contributed by atoms with van der Waals surface area (Å²) in [6.07, 6.45) is 5.94. The van der Waals surface area contributed by atoms with Crippen molar-refractivity contribution in [2.75, 3.05) is 26.2 Å². The summed E-state index contributed by atoms with van der Waals surface area (Å²) in [7, 11) is 0. The van der Waals surface area contributed by atoms with E-state index in [4.69, 9.17) is 0 Å².